The van der Waals surface area contributed by atoms with Crippen LogP contribution in [0.1, 0.15) is 224 Å². The zero-order chi connectivity index (χ0) is 65.3. The lowest BCUT2D eigenvalue weighted by atomic mass is 9.65. The first-order chi connectivity index (χ1) is 44.0. The highest BCUT2D eigenvalue weighted by Gasteiger charge is 2.49. The van der Waals surface area contributed by atoms with Crippen molar-refractivity contribution in [2.45, 2.75) is 176 Å². The molecule has 0 aliphatic heterocycles. The number of hydrogen-bond acceptors (Lipinski definition) is 10. The van der Waals surface area contributed by atoms with E-state index in [9.17, 15) is 37.7 Å². The van der Waals surface area contributed by atoms with Gasteiger partial charge in [-0.05, 0) is 132 Å². The van der Waals surface area contributed by atoms with Crippen LogP contribution in [0.2, 0.25) is 0 Å². The van der Waals surface area contributed by atoms with Crippen LogP contribution in [-0.4, -0.2) is 24.8 Å². The van der Waals surface area contributed by atoms with Crippen LogP contribution in [0, 0.1) is 82.7 Å². The quantitative estimate of drug-likeness (QED) is 0.0192. The van der Waals surface area contributed by atoms with Crippen LogP contribution in [0.25, 0.3) is 62.3 Å². The largest absolute Gasteiger partial charge is 0.492 e. The Morgan fingerprint density at radius 2 is 0.846 bits per heavy atom. The summed E-state index contributed by atoms with van der Waals surface area (Å²) in [6, 6.07) is 15.9. The first-order valence-electron chi connectivity index (χ1n) is 32.4. The topological polar surface area (TPSA) is 109 Å². The molecule has 2 aromatic carbocycles. The van der Waals surface area contributed by atoms with Gasteiger partial charge in [0.2, 0.25) is 0 Å². The van der Waals surface area contributed by atoms with Crippen LogP contribution >= 0.6 is 45.3 Å². The van der Waals surface area contributed by atoms with Crippen molar-refractivity contribution < 1.29 is 36.6 Å². The molecule has 4 unspecified atom stereocenters. The van der Waals surface area contributed by atoms with E-state index in [2.05, 4.69) is 77.2 Å². The van der Waals surface area contributed by atoms with Gasteiger partial charge in [-0.1, -0.05) is 145 Å². The standard InChI is InChI=1S/C75H78F4N4O4S4/c1-11-19-23-43(15-5)37-75(38-44(16-6)24-20-12-2)55-35-65(73-63(86-41-45(17-7)25-21-13-3)29-47(88-73)27-53-67(61(39-80)82-9)49-31-57(76)59(78)33-51(49)69(53)84)90-71(55)72-56(75)36-66(91-72)74-64(87-42-46(18-8)26-22-14-4)30-48(89-74)28-54-68(62(40-81)83-10)50-32-58(77)60(79)34-52(50)70(54)85/h27-36,43-46H,11-26,37-38,41-42H2,1-8H3/b53-27-,54-28-,67-61-,68-62+. The van der Waals surface area contributed by atoms with Crippen molar-refractivity contribution in [3.8, 4) is 52.9 Å². The lowest BCUT2D eigenvalue weighted by molar-refractivity contribution is 0.103. The number of halogens is 4. The Morgan fingerprint density at radius 3 is 1.16 bits per heavy atom. The number of unbranched alkanes of at least 4 members (excludes halogenated alkanes) is 4. The molecule has 8 nitrogen and oxygen atoms in total. The third-order valence-electron chi connectivity index (χ3n) is 18.6. The Hall–Kier alpha value is -7.18. The maximum atomic E-state index is 15.0. The number of carbonyl (C=O) groups excluding carboxylic acids is 2. The normalized spacial score (nSPS) is 18.1. The molecule has 0 spiro atoms. The van der Waals surface area contributed by atoms with Crippen LogP contribution in [0.4, 0.5) is 17.6 Å². The number of ketones is 2. The van der Waals surface area contributed by atoms with Crippen molar-refractivity contribution in [1.29, 1.82) is 10.5 Å². The van der Waals surface area contributed by atoms with Crippen LogP contribution in [0.5, 0.6) is 11.5 Å². The van der Waals surface area contributed by atoms with E-state index in [-0.39, 0.29) is 56.4 Å². The number of carbonyl (C=O) groups is 2. The van der Waals surface area contributed by atoms with Gasteiger partial charge in [0.25, 0.3) is 11.4 Å². The van der Waals surface area contributed by atoms with E-state index in [1.54, 1.807) is 34.8 Å². The van der Waals surface area contributed by atoms with Crippen LogP contribution < -0.4 is 9.47 Å². The predicted octanol–water partition coefficient (Wildman–Crippen LogP) is 23.4. The zero-order valence-electron chi connectivity index (χ0n) is 53.3. The lowest BCUT2D eigenvalue weighted by Gasteiger charge is -2.37. The number of rotatable bonds is 30. The average Bonchev–Trinajstić information content (AvgIpc) is 1.54. The molecular formula is C75H78F4N4O4S4. The molecule has 0 fully saturated rings. The minimum atomic E-state index is -1.20. The van der Waals surface area contributed by atoms with Gasteiger partial charge >= 0.3 is 0 Å². The van der Waals surface area contributed by atoms with Crippen molar-refractivity contribution in [2.75, 3.05) is 13.2 Å². The zero-order valence-corrected chi connectivity index (χ0v) is 56.6. The van der Waals surface area contributed by atoms with Gasteiger partial charge in [-0.3, -0.25) is 9.59 Å². The summed E-state index contributed by atoms with van der Waals surface area (Å²) in [5.41, 5.74) is 1.01. The first-order valence-corrected chi connectivity index (χ1v) is 35.7. The fourth-order valence-electron chi connectivity index (χ4n) is 13.3. The maximum Gasteiger partial charge on any atom is 0.270 e. The van der Waals surface area contributed by atoms with Crippen molar-refractivity contribution in [3.63, 3.8) is 0 Å². The minimum absolute atomic E-state index is 0.000430. The summed E-state index contributed by atoms with van der Waals surface area (Å²) in [6.07, 6.45) is 21.6. The van der Waals surface area contributed by atoms with E-state index in [0.717, 1.165) is 169 Å². The van der Waals surface area contributed by atoms with Gasteiger partial charge in [-0.25, -0.2) is 37.8 Å². The van der Waals surface area contributed by atoms with E-state index in [1.807, 2.05) is 24.3 Å². The maximum absolute atomic E-state index is 15.0. The fourth-order valence-corrected chi connectivity index (χ4v) is 18.3. The van der Waals surface area contributed by atoms with Gasteiger partial charge in [0.1, 0.15) is 11.5 Å². The number of nitriles is 2. The molecule has 0 saturated heterocycles. The third-order valence-corrected chi connectivity index (χ3v) is 23.6. The molecule has 3 aliphatic carbocycles. The molecule has 4 atom stereocenters. The molecule has 0 amide bonds. The van der Waals surface area contributed by atoms with Gasteiger partial charge < -0.3 is 9.47 Å². The number of Topliss-reactive ketones (excluding diaryl/α,β-unsaturated/α-hetero) is 2. The molecule has 0 saturated carbocycles. The highest BCUT2D eigenvalue weighted by Crippen LogP contribution is 2.64. The summed E-state index contributed by atoms with van der Waals surface area (Å²) < 4.78 is 73.5. The number of fused-ring (bicyclic) bond motifs is 5. The Bertz CT molecular complexity index is 3760. The lowest BCUT2D eigenvalue weighted by Crippen LogP contribution is -2.31. The molecule has 4 heterocycles. The van der Waals surface area contributed by atoms with Crippen molar-refractivity contribution in [2.24, 2.45) is 23.7 Å². The number of nitrogens with zero attached hydrogens (tertiary/aromatic N) is 4. The SMILES string of the molecule is [C-]#[N+]/C(C#N)=C1\C(=C\c2cc(OCC(CC)CCCC)c(-c3cc4c(s3)-c3sc(-c5sc(/C=C6\C(=O)c7cc(F)c(F)cc7\C6=C(\C#N)[N+]#[C-])cc5OCC(CC)CCCC)cc3C4(CC(CC)CCCC)CC(CC)CCCC)s2)C(=O)c2cc(F)c(F)cc21. The van der Waals surface area contributed by atoms with Crippen LogP contribution in [0.15, 0.2) is 71.1 Å². The molecule has 16 heteroatoms. The second kappa shape index (κ2) is 30.5. The highest BCUT2D eigenvalue weighted by atomic mass is 32.1. The number of hydrogen-bond donors (Lipinski definition) is 0. The van der Waals surface area contributed by atoms with E-state index < -0.39 is 51.6 Å². The van der Waals surface area contributed by atoms with Gasteiger partial charge in [-0.15, -0.1) is 45.3 Å². The molecule has 0 bridgehead atoms. The molecule has 4 aromatic heterocycles. The molecule has 6 aromatic rings. The van der Waals surface area contributed by atoms with Crippen LogP contribution in [-0.2, 0) is 5.41 Å². The number of allylic oxidation sites excluding steroid dienone is 6. The minimum Gasteiger partial charge on any atom is -0.492 e. The van der Waals surface area contributed by atoms with E-state index in [1.165, 1.54) is 33.8 Å². The molecule has 91 heavy (non-hydrogen) atoms. The highest BCUT2D eigenvalue weighted by molar-refractivity contribution is 7.29. The van der Waals surface area contributed by atoms with E-state index in [4.69, 9.17) is 22.6 Å². The summed E-state index contributed by atoms with van der Waals surface area (Å²) in [5, 5.41) is 20.4. The predicted molar refractivity (Wildman–Crippen MR) is 364 cm³/mol. The Labute approximate surface area is 550 Å². The number of ether oxygens (including phenoxy) is 2. The van der Waals surface area contributed by atoms with Crippen molar-refractivity contribution >= 4 is 80.2 Å². The van der Waals surface area contributed by atoms with Gasteiger partial charge in [0.15, 0.2) is 34.8 Å². The number of thiophene rings is 4. The van der Waals surface area contributed by atoms with Gasteiger partial charge in [0.05, 0.1) is 48.3 Å². The Kier molecular flexibility index (Phi) is 22.9. The smallest absolute Gasteiger partial charge is 0.270 e. The second-order valence-electron chi connectivity index (χ2n) is 24.5. The molecule has 0 N–H and O–H groups in total. The summed E-state index contributed by atoms with van der Waals surface area (Å²) in [7, 11) is 0. The van der Waals surface area contributed by atoms with Crippen molar-refractivity contribution in [3.05, 3.63) is 160 Å². The summed E-state index contributed by atoms with van der Waals surface area (Å²) >= 11 is 6.31. The molecule has 9 rings (SSSR count). The fraction of sp³-hybridized carbons (Fsp3) is 0.440. The molecule has 474 valence electrons. The van der Waals surface area contributed by atoms with E-state index >= 15 is 0 Å². The van der Waals surface area contributed by atoms with E-state index in [0.29, 0.717) is 46.3 Å². The summed E-state index contributed by atoms with van der Waals surface area (Å²) in [5.74, 6) is -3.42. The van der Waals surface area contributed by atoms with Gasteiger partial charge in [0, 0.05) is 68.1 Å². The molecule has 0 radical (unpaired) electrons. The average molecular weight is 1300 g/mol. The monoisotopic (exact) mass is 1300 g/mol. The van der Waals surface area contributed by atoms with Crippen LogP contribution in [0.3, 0.4) is 0 Å². The van der Waals surface area contributed by atoms with Gasteiger partial charge in [-0.2, -0.15) is 0 Å². The second-order valence-corrected chi connectivity index (χ2v) is 28.7. The summed E-state index contributed by atoms with van der Waals surface area (Å²) in [4.78, 5) is 42.8. The summed E-state index contributed by atoms with van der Waals surface area (Å²) in [6.45, 7) is 34.5. The number of benzene rings is 2. The van der Waals surface area contributed by atoms with Crippen molar-refractivity contribution in [1.82, 2.24) is 0 Å². The molecule has 3 aliphatic rings. The molecular weight excluding hydrogens is 1230 g/mol. The first kappa shape index (κ1) is 68.2. The third kappa shape index (κ3) is 14.0. The Morgan fingerprint density at radius 1 is 0.505 bits per heavy atom. The Balaban J connectivity index is 1.27.